The molecule has 2 aromatic rings. The number of carbonyl (C=O) groups is 1. The van der Waals surface area contributed by atoms with Crippen LogP contribution in [-0.4, -0.2) is 12.6 Å². The van der Waals surface area contributed by atoms with Crippen LogP contribution in [0, 0.1) is 6.92 Å². The zero-order chi connectivity index (χ0) is 15.1. The van der Waals surface area contributed by atoms with Crippen LogP contribution in [0.3, 0.4) is 0 Å². The van der Waals surface area contributed by atoms with Gasteiger partial charge < -0.3 is 4.74 Å². The van der Waals surface area contributed by atoms with Gasteiger partial charge in [-0.05, 0) is 25.0 Å². The van der Waals surface area contributed by atoms with Gasteiger partial charge in [-0.15, -0.1) is 0 Å². The van der Waals surface area contributed by atoms with Crippen LogP contribution in [0.15, 0.2) is 54.6 Å². The number of hydrogen-bond acceptors (Lipinski definition) is 3. The quantitative estimate of drug-likeness (QED) is 0.826. The summed E-state index contributed by atoms with van der Waals surface area (Å²) in [6.45, 7) is 4.86. The maximum atomic E-state index is 12.2. The minimum Gasteiger partial charge on any atom is -0.465 e. The molecule has 0 amide bonds. The molecule has 0 aliphatic rings. The maximum absolute atomic E-state index is 12.2. The van der Waals surface area contributed by atoms with E-state index in [0.29, 0.717) is 13.2 Å². The molecule has 0 aliphatic heterocycles. The second kappa shape index (κ2) is 7.60. The average molecular weight is 283 g/mol. The molecule has 0 bridgehead atoms. The first-order valence-electron chi connectivity index (χ1n) is 7.21. The van der Waals surface area contributed by atoms with Crippen molar-refractivity contribution >= 4 is 5.97 Å². The van der Waals surface area contributed by atoms with Gasteiger partial charge >= 0.3 is 5.97 Å². The molecule has 0 heterocycles. The number of aryl methyl sites for hydroxylation is 1. The zero-order valence-electron chi connectivity index (χ0n) is 12.5. The molecule has 0 aliphatic carbocycles. The van der Waals surface area contributed by atoms with E-state index in [0.717, 1.165) is 11.1 Å². The Balaban J connectivity index is 2.12. The van der Waals surface area contributed by atoms with Crippen LogP contribution in [0.1, 0.15) is 29.7 Å². The summed E-state index contributed by atoms with van der Waals surface area (Å²) in [5.74, 6) is -0.239. The Hall–Kier alpha value is -2.13. The molecule has 1 N–H and O–H groups in total. The summed E-state index contributed by atoms with van der Waals surface area (Å²) in [4.78, 5) is 12.2. The van der Waals surface area contributed by atoms with E-state index >= 15 is 0 Å². The van der Waals surface area contributed by atoms with E-state index in [-0.39, 0.29) is 5.97 Å². The van der Waals surface area contributed by atoms with E-state index in [4.69, 9.17) is 4.74 Å². The fraction of sp³-hybridized carbons (Fsp3) is 0.278. The van der Waals surface area contributed by atoms with E-state index < -0.39 is 6.04 Å². The largest absolute Gasteiger partial charge is 0.465 e. The van der Waals surface area contributed by atoms with Crippen molar-refractivity contribution in [3.05, 3.63) is 71.3 Å². The van der Waals surface area contributed by atoms with Crippen LogP contribution in [0.25, 0.3) is 0 Å². The number of rotatable bonds is 6. The highest BCUT2D eigenvalue weighted by Gasteiger charge is 2.21. The molecular formula is C18H21NO2. The zero-order valence-corrected chi connectivity index (χ0v) is 12.5. The fourth-order valence-electron chi connectivity index (χ4n) is 2.14. The molecule has 1 atom stereocenters. The molecule has 0 aromatic heterocycles. The van der Waals surface area contributed by atoms with Gasteiger partial charge in [-0.25, -0.2) is 4.79 Å². The summed E-state index contributed by atoms with van der Waals surface area (Å²) < 4.78 is 5.18. The lowest BCUT2D eigenvalue weighted by molar-refractivity contribution is -0.145. The van der Waals surface area contributed by atoms with Crippen molar-refractivity contribution in [1.29, 1.82) is 0 Å². The Labute approximate surface area is 126 Å². The standard InChI is InChI=1S/C18H21NO2/c1-3-21-18(20)17(16-11-9-14(2)10-12-16)19-13-15-7-5-4-6-8-15/h4-12,17,19H,3,13H2,1-2H3. The van der Waals surface area contributed by atoms with E-state index in [1.807, 2.05) is 68.4 Å². The predicted molar refractivity (Wildman–Crippen MR) is 83.8 cm³/mol. The summed E-state index contributed by atoms with van der Waals surface area (Å²) in [6.07, 6.45) is 0. The summed E-state index contributed by atoms with van der Waals surface area (Å²) >= 11 is 0. The lowest BCUT2D eigenvalue weighted by atomic mass is 10.0. The molecule has 2 aromatic carbocycles. The lowest BCUT2D eigenvalue weighted by Crippen LogP contribution is -2.30. The molecule has 1 unspecified atom stereocenters. The van der Waals surface area contributed by atoms with E-state index in [1.54, 1.807) is 0 Å². The van der Waals surface area contributed by atoms with Crippen LogP contribution < -0.4 is 5.32 Å². The van der Waals surface area contributed by atoms with Gasteiger partial charge in [0, 0.05) is 6.54 Å². The van der Waals surface area contributed by atoms with E-state index in [9.17, 15) is 4.79 Å². The highest BCUT2D eigenvalue weighted by atomic mass is 16.5. The van der Waals surface area contributed by atoms with Crippen molar-refractivity contribution in [1.82, 2.24) is 5.32 Å². The Bertz CT molecular complexity index is 564. The lowest BCUT2D eigenvalue weighted by Gasteiger charge is -2.18. The van der Waals surface area contributed by atoms with Crippen LogP contribution in [0.5, 0.6) is 0 Å². The molecular weight excluding hydrogens is 262 g/mol. The Morgan fingerprint density at radius 3 is 2.38 bits per heavy atom. The van der Waals surface area contributed by atoms with Gasteiger partial charge in [0.15, 0.2) is 0 Å². The van der Waals surface area contributed by atoms with Crippen LogP contribution in [0.4, 0.5) is 0 Å². The molecule has 0 fully saturated rings. The predicted octanol–water partition coefficient (Wildman–Crippen LogP) is 3.39. The first kappa shape index (κ1) is 15.3. The van der Waals surface area contributed by atoms with Gasteiger partial charge in [-0.3, -0.25) is 5.32 Å². The summed E-state index contributed by atoms with van der Waals surface area (Å²) in [6, 6.07) is 17.5. The Morgan fingerprint density at radius 1 is 1.10 bits per heavy atom. The van der Waals surface area contributed by atoms with Crippen LogP contribution in [-0.2, 0) is 16.1 Å². The highest BCUT2D eigenvalue weighted by molar-refractivity contribution is 5.77. The molecule has 110 valence electrons. The molecule has 2 rings (SSSR count). The molecule has 3 heteroatoms. The van der Waals surface area contributed by atoms with Gasteiger partial charge in [0.25, 0.3) is 0 Å². The monoisotopic (exact) mass is 283 g/mol. The smallest absolute Gasteiger partial charge is 0.327 e. The molecule has 0 saturated carbocycles. The number of ether oxygens (including phenoxy) is 1. The van der Waals surface area contributed by atoms with E-state index in [2.05, 4.69) is 5.32 Å². The maximum Gasteiger partial charge on any atom is 0.327 e. The summed E-state index contributed by atoms with van der Waals surface area (Å²) in [5, 5.41) is 3.28. The van der Waals surface area contributed by atoms with Gasteiger partial charge in [0.05, 0.1) is 6.61 Å². The molecule has 0 saturated heterocycles. The average Bonchev–Trinajstić information content (AvgIpc) is 2.50. The normalized spacial score (nSPS) is 11.9. The van der Waals surface area contributed by atoms with E-state index in [1.165, 1.54) is 5.56 Å². The van der Waals surface area contributed by atoms with Crippen molar-refractivity contribution < 1.29 is 9.53 Å². The number of benzene rings is 2. The Morgan fingerprint density at radius 2 is 1.76 bits per heavy atom. The highest BCUT2D eigenvalue weighted by Crippen LogP contribution is 2.16. The SMILES string of the molecule is CCOC(=O)C(NCc1ccccc1)c1ccc(C)cc1. The first-order valence-corrected chi connectivity index (χ1v) is 7.21. The minimum atomic E-state index is -0.439. The number of hydrogen-bond donors (Lipinski definition) is 1. The third-order valence-corrected chi connectivity index (χ3v) is 3.29. The molecule has 3 nitrogen and oxygen atoms in total. The third-order valence-electron chi connectivity index (χ3n) is 3.29. The van der Waals surface area contributed by atoms with Crippen molar-refractivity contribution in [2.24, 2.45) is 0 Å². The van der Waals surface area contributed by atoms with Gasteiger partial charge in [-0.2, -0.15) is 0 Å². The van der Waals surface area contributed by atoms with Crippen molar-refractivity contribution in [3.8, 4) is 0 Å². The number of esters is 1. The van der Waals surface area contributed by atoms with Crippen molar-refractivity contribution in [3.63, 3.8) is 0 Å². The fourth-order valence-corrected chi connectivity index (χ4v) is 2.14. The molecule has 21 heavy (non-hydrogen) atoms. The van der Waals surface area contributed by atoms with Crippen LogP contribution in [0.2, 0.25) is 0 Å². The minimum absolute atomic E-state index is 0.239. The summed E-state index contributed by atoms with van der Waals surface area (Å²) in [7, 11) is 0. The molecule has 0 spiro atoms. The first-order chi connectivity index (χ1) is 10.2. The van der Waals surface area contributed by atoms with Gasteiger partial charge in [0.2, 0.25) is 0 Å². The second-order valence-electron chi connectivity index (χ2n) is 4.96. The number of carbonyl (C=O) groups excluding carboxylic acids is 1. The van der Waals surface area contributed by atoms with Gasteiger partial charge in [-0.1, -0.05) is 60.2 Å². The molecule has 0 radical (unpaired) electrons. The van der Waals surface area contributed by atoms with Crippen molar-refractivity contribution in [2.45, 2.75) is 26.4 Å². The Kier molecular flexibility index (Phi) is 5.52. The number of nitrogens with one attached hydrogen (secondary N) is 1. The third kappa shape index (κ3) is 4.43. The van der Waals surface area contributed by atoms with Crippen LogP contribution >= 0.6 is 0 Å². The van der Waals surface area contributed by atoms with Gasteiger partial charge in [0.1, 0.15) is 6.04 Å². The summed E-state index contributed by atoms with van der Waals surface area (Å²) in [5.41, 5.74) is 3.23. The topological polar surface area (TPSA) is 38.3 Å². The second-order valence-corrected chi connectivity index (χ2v) is 4.96. The van der Waals surface area contributed by atoms with Crippen molar-refractivity contribution in [2.75, 3.05) is 6.61 Å².